The van der Waals surface area contributed by atoms with Crippen LogP contribution in [0, 0.1) is 12.7 Å². The molecule has 0 heterocycles. The molecule has 0 aliphatic rings. The zero-order valence-electron chi connectivity index (χ0n) is 10.0. The maximum Gasteiger partial charge on any atom is 0.254 e. The van der Waals surface area contributed by atoms with Crippen molar-refractivity contribution >= 4 is 12.0 Å². The Kier molecular flexibility index (Phi) is 4.84. The second kappa shape index (κ2) is 6.15. The molecular formula is C13H16FNO2. The van der Waals surface area contributed by atoms with Crippen molar-refractivity contribution in [3.8, 4) is 0 Å². The van der Waals surface area contributed by atoms with E-state index in [1.54, 1.807) is 13.0 Å². The van der Waals surface area contributed by atoms with E-state index in [0.29, 0.717) is 13.2 Å². The SMILES string of the molecule is C=Cc1cc(C(=O)NCCOC)c(F)cc1C. The van der Waals surface area contributed by atoms with Gasteiger partial charge in [-0.3, -0.25) is 4.79 Å². The van der Waals surface area contributed by atoms with Crippen LogP contribution in [0.1, 0.15) is 21.5 Å². The van der Waals surface area contributed by atoms with E-state index < -0.39 is 11.7 Å². The van der Waals surface area contributed by atoms with Gasteiger partial charge in [0.2, 0.25) is 0 Å². The van der Waals surface area contributed by atoms with E-state index in [1.165, 1.54) is 19.2 Å². The number of methoxy groups -OCH3 is 1. The Morgan fingerprint density at radius 2 is 2.29 bits per heavy atom. The summed E-state index contributed by atoms with van der Waals surface area (Å²) in [5.74, 6) is -0.967. The average molecular weight is 237 g/mol. The lowest BCUT2D eigenvalue weighted by Crippen LogP contribution is -2.27. The fourth-order valence-electron chi connectivity index (χ4n) is 1.45. The number of hydrogen-bond acceptors (Lipinski definition) is 2. The van der Waals surface area contributed by atoms with Gasteiger partial charge in [-0.25, -0.2) is 4.39 Å². The minimum atomic E-state index is -0.525. The summed E-state index contributed by atoms with van der Waals surface area (Å²) in [5, 5.41) is 2.57. The summed E-state index contributed by atoms with van der Waals surface area (Å²) >= 11 is 0. The van der Waals surface area contributed by atoms with Crippen LogP contribution in [0.4, 0.5) is 4.39 Å². The number of aryl methyl sites for hydroxylation is 1. The number of carbonyl (C=O) groups is 1. The molecule has 1 aromatic rings. The average Bonchev–Trinajstić information content (AvgIpc) is 2.29. The Balaban J connectivity index is 2.89. The molecule has 17 heavy (non-hydrogen) atoms. The van der Waals surface area contributed by atoms with Crippen molar-refractivity contribution in [2.75, 3.05) is 20.3 Å². The number of nitrogens with one attached hydrogen (secondary N) is 1. The first-order valence-electron chi connectivity index (χ1n) is 5.30. The van der Waals surface area contributed by atoms with E-state index in [4.69, 9.17) is 4.74 Å². The Labute approximate surface area is 100 Å². The molecule has 0 aromatic heterocycles. The summed E-state index contributed by atoms with van der Waals surface area (Å²) in [6.07, 6.45) is 1.60. The quantitative estimate of drug-likeness (QED) is 0.797. The van der Waals surface area contributed by atoms with Gasteiger partial charge in [-0.2, -0.15) is 0 Å². The van der Waals surface area contributed by atoms with Crippen LogP contribution in [0.25, 0.3) is 6.08 Å². The number of carbonyl (C=O) groups excluding carboxylic acids is 1. The first-order valence-corrected chi connectivity index (χ1v) is 5.30. The molecule has 1 N–H and O–H groups in total. The topological polar surface area (TPSA) is 38.3 Å². The summed E-state index contributed by atoms with van der Waals surface area (Å²) < 4.78 is 18.4. The van der Waals surface area contributed by atoms with Crippen molar-refractivity contribution in [3.63, 3.8) is 0 Å². The van der Waals surface area contributed by atoms with Gasteiger partial charge in [0.1, 0.15) is 5.82 Å². The van der Waals surface area contributed by atoms with E-state index in [9.17, 15) is 9.18 Å². The van der Waals surface area contributed by atoms with Crippen molar-refractivity contribution in [2.24, 2.45) is 0 Å². The van der Waals surface area contributed by atoms with Gasteiger partial charge in [-0.05, 0) is 30.2 Å². The Bertz CT molecular complexity index is 430. The normalized spacial score (nSPS) is 10.1. The minimum absolute atomic E-state index is 0.0293. The first-order chi connectivity index (χ1) is 8.10. The van der Waals surface area contributed by atoms with Gasteiger partial charge in [0.05, 0.1) is 12.2 Å². The van der Waals surface area contributed by atoms with Gasteiger partial charge < -0.3 is 10.1 Å². The lowest BCUT2D eigenvalue weighted by Gasteiger charge is -2.08. The third-order valence-corrected chi connectivity index (χ3v) is 2.41. The van der Waals surface area contributed by atoms with Gasteiger partial charge in [0.25, 0.3) is 5.91 Å². The van der Waals surface area contributed by atoms with Crippen LogP contribution in [0.3, 0.4) is 0 Å². The van der Waals surface area contributed by atoms with Crippen LogP contribution >= 0.6 is 0 Å². The molecule has 3 nitrogen and oxygen atoms in total. The van der Waals surface area contributed by atoms with Crippen molar-refractivity contribution < 1.29 is 13.9 Å². The van der Waals surface area contributed by atoms with Crippen LogP contribution in [-0.4, -0.2) is 26.2 Å². The molecule has 0 radical (unpaired) electrons. The molecule has 0 saturated carbocycles. The molecule has 92 valence electrons. The predicted molar refractivity (Wildman–Crippen MR) is 65.4 cm³/mol. The Hall–Kier alpha value is -1.68. The molecular weight excluding hydrogens is 221 g/mol. The second-order valence-corrected chi connectivity index (χ2v) is 3.64. The molecule has 0 atom stereocenters. The lowest BCUT2D eigenvalue weighted by atomic mass is 10.0. The standard InChI is InChI=1S/C13H16FNO2/c1-4-10-8-11(12(14)7-9(10)2)13(16)15-5-6-17-3/h4,7-8H,1,5-6H2,2-3H3,(H,15,16). The van der Waals surface area contributed by atoms with E-state index in [1.807, 2.05) is 0 Å². The smallest absolute Gasteiger partial charge is 0.254 e. The number of amides is 1. The van der Waals surface area contributed by atoms with Crippen molar-refractivity contribution in [3.05, 3.63) is 41.2 Å². The fraction of sp³-hybridized carbons (Fsp3) is 0.308. The number of hydrogen-bond donors (Lipinski definition) is 1. The molecule has 0 bridgehead atoms. The Morgan fingerprint density at radius 1 is 1.59 bits per heavy atom. The van der Waals surface area contributed by atoms with Crippen molar-refractivity contribution in [1.29, 1.82) is 0 Å². The molecule has 1 aromatic carbocycles. The highest BCUT2D eigenvalue weighted by atomic mass is 19.1. The maximum absolute atomic E-state index is 13.6. The van der Waals surface area contributed by atoms with Crippen LogP contribution in [0.15, 0.2) is 18.7 Å². The number of benzene rings is 1. The fourth-order valence-corrected chi connectivity index (χ4v) is 1.45. The molecule has 4 heteroatoms. The highest BCUT2D eigenvalue weighted by Gasteiger charge is 2.12. The minimum Gasteiger partial charge on any atom is -0.383 e. The van der Waals surface area contributed by atoms with Crippen molar-refractivity contribution in [1.82, 2.24) is 5.32 Å². The van der Waals surface area contributed by atoms with Crippen LogP contribution < -0.4 is 5.32 Å². The van der Waals surface area contributed by atoms with Gasteiger partial charge in [-0.15, -0.1) is 0 Å². The molecule has 1 amide bonds. The van der Waals surface area contributed by atoms with Gasteiger partial charge in [0, 0.05) is 13.7 Å². The Morgan fingerprint density at radius 3 is 2.88 bits per heavy atom. The lowest BCUT2D eigenvalue weighted by molar-refractivity contribution is 0.0933. The monoisotopic (exact) mass is 237 g/mol. The first kappa shape index (κ1) is 13.4. The number of rotatable bonds is 5. The maximum atomic E-state index is 13.6. The van der Waals surface area contributed by atoms with E-state index in [2.05, 4.69) is 11.9 Å². The van der Waals surface area contributed by atoms with E-state index >= 15 is 0 Å². The third-order valence-electron chi connectivity index (χ3n) is 2.41. The summed E-state index contributed by atoms with van der Waals surface area (Å²) in [6, 6.07) is 2.84. The largest absolute Gasteiger partial charge is 0.383 e. The van der Waals surface area contributed by atoms with Gasteiger partial charge in [-0.1, -0.05) is 12.7 Å². The third kappa shape index (κ3) is 3.39. The predicted octanol–water partition coefficient (Wildman–Crippen LogP) is 2.15. The molecule has 0 aliphatic heterocycles. The molecule has 1 rings (SSSR count). The zero-order chi connectivity index (χ0) is 12.8. The number of ether oxygens (including phenoxy) is 1. The summed E-state index contributed by atoms with van der Waals surface area (Å²) in [6.45, 7) is 6.14. The van der Waals surface area contributed by atoms with Gasteiger partial charge in [0.15, 0.2) is 0 Å². The highest BCUT2D eigenvalue weighted by Crippen LogP contribution is 2.16. The molecule has 0 unspecified atom stereocenters. The summed E-state index contributed by atoms with van der Waals surface area (Å²) in [5.41, 5.74) is 1.54. The van der Waals surface area contributed by atoms with Crippen LogP contribution in [0.2, 0.25) is 0 Å². The van der Waals surface area contributed by atoms with E-state index in [0.717, 1.165) is 11.1 Å². The van der Waals surface area contributed by atoms with Gasteiger partial charge >= 0.3 is 0 Å². The highest BCUT2D eigenvalue weighted by molar-refractivity contribution is 5.95. The molecule has 0 spiro atoms. The molecule has 0 fully saturated rings. The zero-order valence-corrected chi connectivity index (χ0v) is 10.0. The summed E-state index contributed by atoms with van der Waals surface area (Å²) in [7, 11) is 1.54. The summed E-state index contributed by atoms with van der Waals surface area (Å²) in [4.78, 5) is 11.7. The van der Waals surface area contributed by atoms with Crippen LogP contribution in [0.5, 0.6) is 0 Å². The molecule has 0 aliphatic carbocycles. The van der Waals surface area contributed by atoms with Crippen molar-refractivity contribution in [2.45, 2.75) is 6.92 Å². The molecule has 0 saturated heterocycles. The van der Waals surface area contributed by atoms with Crippen LogP contribution in [-0.2, 0) is 4.74 Å². The van der Waals surface area contributed by atoms with E-state index in [-0.39, 0.29) is 5.56 Å². The number of halogens is 1. The second-order valence-electron chi connectivity index (χ2n) is 3.64.